The molecule has 2 N–H and O–H groups in total. The van der Waals surface area contributed by atoms with Gasteiger partial charge in [0, 0.05) is 37.4 Å². The third-order valence-corrected chi connectivity index (χ3v) is 4.85. The normalized spacial score (nSPS) is 21.9. The number of fused-ring (bicyclic) bond motifs is 1. The molecule has 2 unspecified atom stereocenters. The van der Waals surface area contributed by atoms with Crippen molar-refractivity contribution in [1.82, 2.24) is 9.88 Å². The summed E-state index contributed by atoms with van der Waals surface area (Å²) in [6, 6.07) is 11.5. The van der Waals surface area contributed by atoms with Crippen LogP contribution in [0.2, 0.25) is 0 Å². The first-order valence-electron chi connectivity index (χ1n) is 8.05. The minimum absolute atomic E-state index is 0.312. The Labute approximate surface area is 133 Å². The second-order valence-corrected chi connectivity index (χ2v) is 6.57. The van der Waals surface area contributed by atoms with Gasteiger partial charge >= 0.3 is 0 Å². The van der Waals surface area contributed by atoms with Gasteiger partial charge in [0.05, 0.1) is 0 Å². The maximum Gasteiger partial charge on any atom is 0.0470 e. The second kappa shape index (κ2) is 6.19. The molecular weight excluding hydrogens is 270 g/mol. The van der Waals surface area contributed by atoms with Crippen molar-refractivity contribution in [2.75, 3.05) is 20.1 Å². The number of aromatic nitrogens is 1. The molecular formula is C19H25N3. The molecule has 0 radical (unpaired) electrons. The number of pyridine rings is 1. The molecule has 0 amide bonds. The molecule has 1 aliphatic heterocycles. The van der Waals surface area contributed by atoms with Crippen molar-refractivity contribution in [2.45, 2.75) is 31.7 Å². The fourth-order valence-corrected chi connectivity index (χ4v) is 3.50. The van der Waals surface area contributed by atoms with Crippen molar-refractivity contribution in [3.8, 4) is 0 Å². The van der Waals surface area contributed by atoms with E-state index in [1.54, 1.807) is 0 Å². The molecule has 3 nitrogen and oxygen atoms in total. The van der Waals surface area contributed by atoms with Crippen LogP contribution in [-0.4, -0.2) is 30.0 Å². The van der Waals surface area contributed by atoms with Gasteiger partial charge in [-0.05, 0) is 47.4 Å². The maximum absolute atomic E-state index is 6.07. The van der Waals surface area contributed by atoms with E-state index in [1.165, 1.54) is 22.3 Å². The highest BCUT2D eigenvalue weighted by atomic mass is 15.1. The van der Waals surface area contributed by atoms with Crippen LogP contribution in [-0.2, 0) is 0 Å². The lowest BCUT2D eigenvalue weighted by atomic mass is 9.80. The Morgan fingerprint density at radius 3 is 2.55 bits per heavy atom. The van der Waals surface area contributed by atoms with Crippen LogP contribution < -0.4 is 5.73 Å². The standard InChI is InChI=1S/C19H25N3/c1-13(2)15-4-5-16-17(10-15)19(11-20)22(3)12-18(16)14-6-8-21-9-7-14/h4-10,13,18-19H,11-12,20H2,1-3H3. The molecule has 1 aliphatic rings. The molecule has 3 rings (SSSR count). The molecule has 0 fully saturated rings. The van der Waals surface area contributed by atoms with Gasteiger partial charge in [0.2, 0.25) is 0 Å². The van der Waals surface area contributed by atoms with Gasteiger partial charge in [0.15, 0.2) is 0 Å². The zero-order chi connectivity index (χ0) is 15.7. The zero-order valence-corrected chi connectivity index (χ0v) is 13.7. The molecule has 0 spiro atoms. The van der Waals surface area contributed by atoms with E-state index in [1.807, 2.05) is 12.4 Å². The number of benzene rings is 1. The molecule has 22 heavy (non-hydrogen) atoms. The van der Waals surface area contributed by atoms with Crippen LogP contribution in [0.5, 0.6) is 0 Å². The summed E-state index contributed by atoms with van der Waals surface area (Å²) in [6.07, 6.45) is 3.76. The fraction of sp³-hybridized carbons (Fsp3) is 0.421. The average Bonchev–Trinajstić information content (AvgIpc) is 2.54. The van der Waals surface area contributed by atoms with E-state index in [-0.39, 0.29) is 0 Å². The topological polar surface area (TPSA) is 42.1 Å². The first-order valence-corrected chi connectivity index (χ1v) is 8.05. The first kappa shape index (κ1) is 15.2. The molecule has 3 heteroatoms. The summed E-state index contributed by atoms with van der Waals surface area (Å²) >= 11 is 0. The van der Waals surface area contributed by atoms with Crippen molar-refractivity contribution in [3.63, 3.8) is 0 Å². The Hall–Kier alpha value is -1.71. The van der Waals surface area contributed by atoms with Crippen LogP contribution in [0.4, 0.5) is 0 Å². The molecule has 116 valence electrons. The molecule has 1 aromatic carbocycles. The predicted molar refractivity (Wildman–Crippen MR) is 91.0 cm³/mol. The molecule has 0 saturated heterocycles. The summed E-state index contributed by atoms with van der Waals surface area (Å²) < 4.78 is 0. The Morgan fingerprint density at radius 1 is 1.18 bits per heavy atom. The number of hydrogen-bond acceptors (Lipinski definition) is 3. The number of nitrogens with two attached hydrogens (primary N) is 1. The van der Waals surface area contributed by atoms with Gasteiger partial charge < -0.3 is 5.73 Å². The summed E-state index contributed by atoms with van der Waals surface area (Å²) in [7, 11) is 2.18. The first-order chi connectivity index (χ1) is 10.6. The lowest BCUT2D eigenvalue weighted by molar-refractivity contribution is 0.223. The maximum atomic E-state index is 6.07. The highest BCUT2D eigenvalue weighted by Gasteiger charge is 2.31. The van der Waals surface area contributed by atoms with Gasteiger partial charge in [-0.3, -0.25) is 9.88 Å². The van der Waals surface area contributed by atoms with Gasteiger partial charge in [0.1, 0.15) is 0 Å². The van der Waals surface area contributed by atoms with Crippen LogP contribution in [0.25, 0.3) is 0 Å². The third-order valence-electron chi connectivity index (χ3n) is 4.85. The minimum Gasteiger partial charge on any atom is -0.329 e. The van der Waals surface area contributed by atoms with Gasteiger partial charge in [-0.25, -0.2) is 0 Å². The van der Waals surface area contributed by atoms with Crippen LogP contribution in [0.15, 0.2) is 42.7 Å². The van der Waals surface area contributed by atoms with E-state index in [0.29, 0.717) is 24.4 Å². The number of rotatable bonds is 3. The lowest BCUT2D eigenvalue weighted by Crippen LogP contribution is -2.39. The number of likely N-dealkylation sites (N-methyl/N-ethyl adjacent to an activating group) is 1. The molecule has 0 aliphatic carbocycles. The highest BCUT2D eigenvalue weighted by Crippen LogP contribution is 2.39. The number of nitrogens with zero attached hydrogens (tertiary/aromatic N) is 2. The van der Waals surface area contributed by atoms with E-state index in [0.717, 1.165) is 6.54 Å². The molecule has 2 atom stereocenters. The van der Waals surface area contributed by atoms with Crippen molar-refractivity contribution >= 4 is 0 Å². The molecule has 2 aromatic rings. The highest BCUT2D eigenvalue weighted by molar-refractivity contribution is 5.44. The summed E-state index contributed by atoms with van der Waals surface area (Å²) in [5, 5.41) is 0. The Morgan fingerprint density at radius 2 is 1.91 bits per heavy atom. The molecule has 0 bridgehead atoms. The molecule has 2 heterocycles. The summed E-state index contributed by atoms with van der Waals surface area (Å²) in [5.74, 6) is 0.933. The largest absolute Gasteiger partial charge is 0.329 e. The van der Waals surface area contributed by atoms with Gasteiger partial charge in [-0.15, -0.1) is 0 Å². The van der Waals surface area contributed by atoms with Crippen molar-refractivity contribution in [1.29, 1.82) is 0 Å². The summed E-state index contributed by atoms with van der Waals surface area (Å²) in [5.41, 5.74) is 11.6. The Kier molecular flexibility index (Phi) is 4.27. The summed E-state index contributed by atoms with van der Waals surface area (Å²) in [4.78, 5) is 6.54. The van der Waals surface area contributed by atoms with E-state index in [4.69, 9.17) is 5.73 Å². The van der Waals surface area contributed by atoms with E-state index in [9.17, 15) is 0 Å². The van der Waals surface area contributed by atoms with Crippen LogP contribution in [0, 0.1) is 0 Å². The second-order valence-electron chi connectivity index (χ2n) is 6.57. The van der Waals surface area contributed by atoms with E-state index >= 15 is 0 Å². The van der Waals surface area contributed by atoms with Crippen LogP contribution in [0.1, 0.15) is 54.0 Å². The SMILES string of the molecule is CC(C)c1ccc2c(c1)C(CN)N(C)CC2c1ccncc1. The van der Waals surface area contributed by atoms with Crippen molar-refractivity contribution < 1.29 is 0 Å². The van der Waals surface area contributed by atoms with E-state index < -0.39 is 0 Å². The van der Waals surface area contributed by atoms with E-state index in [2.05, 4.69) is 61.1 Å². The fourth-order valence-electron chi connectivity index (χ4n) is 3.50. The Bertz CT molecular complexity index is 636. The monoisotopic (exact) mass is 295 g/mol. The average molecular weight is 295 g/mol. The van der Waals surface area contributed by atoms with Crippen molar-refractivity contribution in [2.24, 2.45) is 5.73 Å². The van der Waals surface area contributed by atoms with Crippen LogP contribution in [0.3, 0.4) is 0 Å². The lowest BCUT2D eigenvalue weighted by Gasteiger charge is -2.39. The quantitative estimate of drug-likeness (QED) is 0.945. The smallest absolute Gasteiger partial charge is 0.0470 e. The molecule has 0 saturated carbocycles. The van der Waals surface area contributed by atoms with Crippen molar-refractivity contribution in [3.05, 3.63) is 65.0 Å². The van der Waals surface area contributed by atoms with Gasteiger partial charge in [-0.2, -0.15) is 0 Å². The molecule has 1 aromatic heterocycles. The van der Waals surface area contributed by atoms with Crippen LogP contribution >= 0.6 is 0 Å². The third kappa shape index (κ3) is 2.67. The predicted octanol–water partition coefficient (Wildman–Crippen LogP) is 3.28. The zero-order valence-electron chi connectivity index (χ0n) is 13.7. The summed E-state index contributed by atoms with van der Waals surface area (Å²) in [6.45, 7) is 6.14. The van der Waals surface area contributed by atoms with Gasteiger partial charge in [-0.1, -0.05) is 32.0 Å². The Balaban J connectivity index is 2.11. The number of hydrogen-bond donors (Lipinski definition) is 1. The van der Waals surface area contributed by atoms with Gasteiger partial charge in [0.25, 0.3) is 0 Å². The minimum atomic E-state index is 0.312.